The number of nitrogens with one attached hydrogen (secondary N) is 1. The molecule has 23 heavy (non-hydrogen) atoms. The second kappa shape index (κ2) is 7.24. The number of piperazine rings is 1. The van der Waals surface area contributed by atoms with Gasteiger partial charge in [-0.2, -0.15) is 0 Å². The summed E-state index contributed by atoms with van der Waals surface area (Å²) in [6, 6.07) is 13.9. The van der Waals surface area contributed by atoms with E-state index in [9.17, 15) is 4.79 Å². The van der Waals surface area contributed by atoms with E-state index < -0.39 is 0 Å². The maximum Gasteiger partial charge on any atom is 0.239 e. The Kier molecular flexibility index (Phi) is 4.88. The highest BCUT2D eigenvalue weighted by atomic mass is 16.2. The van der Waals surface area contributed by atoms with Crippen LogP contribution < -0.4 is 10.2 Å². The van der Waals surface area contributed by atoms with Crippen LogP contribution in [0.5, 0.6) is 0 Å². The Balaban J connectivity index is 1.49. The van der Waals surface area contributed by atoms with Crippen molar-refractivity contribution in [2.75, 3.05) is 42.9 Å². The Labute approximate surface area is 136 Å². The SMILES string of the molecule is Cc1ccccc1N1CCN(CC(=O)Nc2ccccn2)CC1. The molecular weight excluding hydrogens is 288 g/mol. The second-order valence-corrected chi connectivity index (χ2v) is 5.81. The predicted molar refractivity (Wildman–Crippen MR) is 92.7 cm³/mol. The van der Waals surface area contributed by atoms with Crippen LogP contribution in [0.3, 0.4) is 0 Å². The van der Waals surface area contributed by atoms with Crippen LogP contribution in [-0.4, -0.2) is 48.5 Å². The molecule has 2 heterocycles. The number of pyridine rings is 1. The van der Waals surface area contributed by atoms with E-state index in [2.05, 4.69) is 51.3 Å². The van der Waals surface area contributed by atoms with Gasteiger partial charge in [0.25, 0.3) is 0 Å². The van der Waals surface area contributed by atoms with Crippen molar-refractivity contribution < 1.29 is 4.79 Å². The van der Waals surface area contributed by atoms with E-state index in [-0.39, 0.29) is 5.91 Å². The number of carbonyl (C=O) groups is 1. The molecule has 5 heteroatoms. The minimum atomic E-state index is -0.00644. The third-order valence-corrected chi connectivity index (χ3v) is 4.13. The average molecular weight is 310 g/mol. The lowest BCUT2D eigenvalue weighted by molar-refractivity contribution is -0.117. The molecule has 0 unspecified atom stereocenters. The van der Waals surface area contributed by atoms with E-state index in [0.717, 1.165) is 26.2 Å². The summed E-state index contributed by atoms with van der Waals surface area (Å²) >= 11 is 0. The van der Waals surface area contributed by atoms with Crippen molar-refractivity contribution in [2.45, 2.75) is 6.92 Å². The molecule has 0 atom stereocenters. The molecule has 2 aromatic rings. The van der Waals surface area contributed by atoms with E-state index in [1.807, 2.05) is 12.1 Å². The van der Waals surface area contributed by atoms with Gasteiger partial charge in [0.2, 0.25) is 5.91 Å². The van der Waals surface area contributed by atoms with Crippen molar-refractivity contribution in [3.05, 3.63) is 54.2 Å². The Morgan fingerprint density at radius 3 is 2.52 bits per heavy atom. The van der Waals surface area contributed by atoms with Gasteiger partial charge in [0.15, 0.2) is 0 Å². The normalized spacial score (nSPS) is 15.4. The molecule has 1 aromatic heterocycles. The van der Waals surface area contributed by atoms with Crippen molar-refractivity contribution in [2.24, 2.45) is 0 Å². The van der Waals surface area contributed by atoms with Gasteiger partial charge in [0, 0.05) is 38.1 Å². The molecule has 0 spiro atoms. The van der Waals surface area contributed by atoms with E-state index in [4.69, 9.17) is 0 Å². The summed E-state index contributed by atoms with van der Waals surface area (Å²) in [6.45, 7) is 6.23. The number of hydrogen-bond donors (Lipinski definition) is 1. The first-order chi connectivity index (χ1) is 11.2. The number of rotatable bonds is 4. The molecule has 1 aliphatic heterocycles. The van der Waals surface area contributed by atoms with Gasteiger partial charge in [-0.3, -0.25) is 9.69 Å². The lowest BCUT2D eigenvalue weighted by Gasteiger charge is -2.36. The first kappa shape index (κ1) is 15.5. The van der Waals surface area contributed by atoms with Gasteiger partial charge >= 0.3 is 0 Å². The van der Waals surface area contributed by atoms with Crippen LogP contribution in [0.4, 0.5) is 11.5 Å². The first-order valence-electron chi connectivity index (χ1n) is 7.96. The quantitative estimate of drug-likeness (QED) is 0.940. The van der Waals surface area contributed by atoms with Gasteiger partial charge in [0.1, 0.15) is 5.82 Å². The van der Waals surface area contributed by atoms with Gasteiger partial charge in [-0.25, -0.2) is 4.98 Å². The number of nitrogens with zero attached hydrogens (tertiary/aromatic N) is 3. The Hall–Kier alpha value is -2.40. The van der Waals surface area contributed by atoms with Crippen molar-refractivity contribution in [3.8, 4) is 0 Å². The number of anilines is 2. The fraction of sp³-hybridized carbons (Fsp3) is 0.333. The fourth-order valence-corrected chi connectivity index (χ4v) is 2.89. The van der Waals surface area contributed by atoms with Crippen molar-refractivity contribution in [3.63, 3.8) is 0 Å². The molecule has 0 saturated carbocycles. The van der Waals surface area contributed by atoms with E-state index in [1.165, 1.54) is 11.3 Å². The predicted octanol–water partition coefficient (Wildman–Crippen LogP) is 2.15. The summed E-state index contributed by atoms with van der Waals surface area (Å²) in [7, 11) is 0. The Bertz CT molecular complexity index is 651. The summed E-state index contributed by atoms with van der Waals surface area (Å²) in [6.07, 6.45) is 1.68. The minimum absolute atomic E-state index is 0.00644. The largest absolute Gasteiger partial charge is 0.369 e. The number of hydrogen-bond acceptors (Lipinski definition) is 4. The van der Waals surface area contributed by atoms with Gasteiger partial charge in [0.05, 0.1) is 6.54 Å². The summed E-state index contributed by atoms with van der Waals surface area (Å²) < 4.78 is 0. The number of para-hydroxylation sites is 1. The van der Waals surface area contributed by atoms with Crippen LogP contribution in [0, 0.1) is 6.92 Å². The molecule has 1 aromatic carbocycles. The molecule has 3 rings (SSSR count). The summed E-state index contributed by atoms with van der Waals surface area (Å²) in [5, 5.41) is 2.84. The van der Waals surface area contributed by atoms with E-state index in [1.54, 1.807) is 12.3 Å². The van der Waals surface area contributed by atoms with Crippen LogP contribution in [0.15, 0.2) is 48.7 Å². The molecule has 5 nitrogen and oxygen atoms in total. The third kappa shape index (κ3) is 4.07. The van der Waals surface area contributed by atoms with Crippen molar-refractivity contribution in [1.29, 1.82) is 0 Å². The first-order valence-corrected chi connectivity index (χ1v) is 7.96. The fourth-order valence-electron chi connectivity index (χ4n) is 2.89. The zero-order chi connectivity index (χ0) is 16.1. The highest BCUT2D eigenvalue weighted by Crippen LogP contribution is 2.20. The topological polar surface area (TPSA) is 48.5 Å². The molecule has 1 saturated heterocycles. The molecule has 120 valence electrons. The van der Waals surface area contributed by atoms with Crippen LogP contribution in [-0.2, 0) is 4.79 Å². The summed E-state index contributed by atoms with van der Waals surface area (Å²) in [4.78, 5) is 20.8. The molecular formula is C18H22N4O. The van der Waals surface area contributed by atoms with Crippen LogP contribution in [0.25, 0.3) is 0 Å². The molecule has 1 fully saturated rings. The number of aryl methyl sites for hydroxylation is 1. The summed E-state index contributed by atoms with van der Waals surface area (Å²) in [5.74, 6) is 0.601. The lowest BCUT2D eigenvalue weighted by Crippen LogP contribution is -2.48. The molecule has 0 aliphatic carbocycles. The highest BCUT2D eigenvalue weighted by molar-refractivity contribution is 5.91. The van der Waals surface area contributed by atoms with Crippen LogP contribution in [0.2, 0.25) is 0 Å². The number of carbonyl (C=O) groups excluding carboxylic acids is 1. The highest BCUT2D eigenvalue weighted by Gasteiger charge is 2.20. The van der Waals surface area contributed by atoms with Gasteiger partial charge in [-0.1, -0.05) is 24.3 Å². The van der Waals surface area contributed by atoms with Crippen molar-refractivity contribution in [1.82, 2.24) is 9.88 Å². The maximum atomic E-state index is 12.1. The zero-order valence-corrected chi connectivity index (χ0v) is 13.4. The number of amides is 1. The molecule has 1 aliphatic rings. The monoisotopic (exact) mass is 310 g/mol. The van der Waals surface area contributed by atoms with Gasteiger partial charge in [-0.05, 0) is 30.7 Å². The second-order valence-electron chi connectivity index (χ2n) is 5.81. The minimum Gasteiger partial charge on any atom is -0.369 e. The lowest BCUT2D eigenvalue weighted by atomic mass is 10.1. The van der Waals surface area contributed by atoms with E-state index >= 15 is 0 Å². The Morgan fingerprint density at radius 2 is 1.83 bits per heavy atom. The molecule has 1 N–H and O–H groups in total. The standard InChI is InChI=1S/C18H22N4O/c1-15-6-2-3-7-16(15)22-12-10-21(11-13-22)14-18(23)20-17-8-4-5-9-19-17/h2-9H,10-14H2,1H3,(H,19,20,23). The molecule has 0 bridgehead atoms. The third-order valence-electron chi connectivity index (χ3n) is 4.13. The zero-order valence-electron chi connectivity index (χ0n) is 13.4. The van der Waals surface area contributed by atoms with Crippen molar-refractivity contribution >= 4 is 17.4 Å². The van der Waals surface area contributed by atoms with E-state index in [0.29, 0.717) is 12.4 Å². The van der Waals surface area contributed by atoms with Gasteiger partial charge < -0.3 is 10.2 Å². The molecule has 0 radical (unpaired) electrons. The Morgan fingerprint density at radius 1 is 1.09 bits per heavy atom. The molecule has 1 amide bonds. The smallest absolute Gasteiger partial charge is 0.239 e. The van der Waals surface area contributed by atoms with Crippen LogP contribution >= 0.6 is 0 Å². The number of benzene rings is 1. The summed E-state index contributed by atoms with van der Waals surface area (Å²) in [5.41, 5.74) is 2.60. The van der Waals surface area contributed by atoms with Gasteiger partial charge in [-0.15, -0.1) is 0 Å². The maximum absolute atomic E-state index is 12.1. The average Bonchev–Trinajstić information content (AvgIpc) is 2.57. The number of aromatic nitrogens is 1. The van der Waals surface area contributed by atoms with Crippen LogP contribution in [0.1, 0.15) is 5.56 Å².